The molecule has 3 unspecified atom stereocenters. The normalized spacial score (nSPS) is 20.7. The molecule has 8 nitrogen and oxygen atoms in total. The Labute approximate surface area is 256 Å². The molecule has 3 atom stereocenters. The Morgan fingerprint density at radius 3 is 2.20 bits per heavy atom. The van der Waals surface area contributed by atoms with Crippen molar-refractivity contribution in [2.45, 2.75) is 83.5 Å². The molecular formula is C31H33F6N5O3. The van der Waals surface area contributed by atoms with E-state index < -0.39 is 47.3 Å². The van der Waals surface area contributed by atoms with E-state index in [0.717, 1.165) is 24.9 Å². The lowest BCUT2D eigenvalue weighted by atomic mass is 9.97. The first-order valence-corrected chi connectivity index (χ1v) is 14.5. The summed E-state index contributed by atoms with van der Waals surface area (Å²) in [4.78, 5) is 30.4. The molecule has 1 amide bonds. The number of carbonyl (C=O) groups excluding carboxylic acids is 1. The van der Waals surface area contributed by atoms with Crippen molar-refractivity contribution in [2.24, 2.45) is 0 Å². The Morgan fingerprint density at radius 1 is 0.978 bits per heavy atom. The van der Waals surface area contributed by atoms with Gasteiger partial charge < -0.3 is 14.4 Å². The highest BCUT2D eigenvalue weighted by atomic mass is 19.4. The lowest BCUT2D eigenvalue weighted by Gasteiger charge is -2.25. The van der Waals surface area contributed by atoms with E-state index in [2.05, 4.69) is 16.9 Å². The molecule has 0 bridgehead atoms. The first-order chi connectivity index (χ1) is 21.1. The zero-order valence-corrected chi connectivity index (χ0v) is 25.3. The van der Waals surface area contributed by atoms with Crippen LogP contribution in [0.15, 0.2) is 36.7 Å². The number of anilines is 1. The molecule has 45 heavy (non-hydrogen) atoms. The molecule has 0 spiro atoms. The van der Waals surface area contributed by atoms with Crippen LogP contribution >= 0.6 is 0 Å². The minimum Gasteiger partial charge on any atom is -0.481 e. The number of rotatable bonds is 7. The van der Waals surface area contributed by atoms with Gasteiger partial charge in [-0.2, -0.15) is 26.3 Å². The number of amides is 1. The van der Waals surface area contributed by atoms with Crippen LogP contribution in [0.25, 0.3) is 11.1 Å². The number of aromatic nitrogens is 3. The van der Waals surface area contributed by atoms with Crippen LogP contribution in [0.3, 0.4) is 0 Å². The maximum Gasteiger partial charge on any atom is 0.416 e. The molecule has 2 aromatic heterocycles. The molecule has 0 aliphatic carbocycles. The molecule has 242 valence electrons. The smallest absolute Gasteiger partial charge is 0.416 e. The second kappa shape index (κ2) is 12.0. The lowest BCUT2D eigenvalue weighted by Crippen LogP contribution is -2.33. The second-order valence-electron chi connectivity index (χ2n) is 11.7. The maximum absolute atomic E-state index is 13.6. The molecule has 4 heterocycles. The fourth-order valence-corrected chi connectivity index (χ4v) is 5.72. The van der Waals surface area contributed by atoms with Gasteiger partial charge in [0.15, 0.2) is 0 Å². The number of hydrogen-bond acceptors (Lipinski definition) is 7. The zero-order valence-electron chi connectivity index (χ0n) is 25.3. The van der Waals surface area contributed by atoms with Gasteiger partial charge in [0.25, 0.3) is 0 Å². The van der Waals surface area contributed by atoms with Crippen molar-refractivity contribution in [2.75, 3.05) is 18.6 Å². The van der Waals surface area contributed by atoms with Gasteiger partial charge >= 0.3 is 18.4 Å². The van der Waals surface area contributed by atoms with Gasteiger partial charge in [-0.3, -0.25) is 4.90 Å². The molecule has 2 saturated heterocycles. The van der Waals surface area contributed by atoms with Crippen LogP contribution in [0, 0.1) is 0 Å². The summed E-state index contributed by atoms with van der Waals surface area (Å²) in [5.41, 5.74) is -0.992. The van der Waals surface area contributed by atoms with Gasteiger partial charge in [0, 0.05) is 36.1 Å². The molecule has 1 aromatic carbocycles. The van der Waals surface area contributed by atoms with E-state index in [0.29, 0.717) is 40.8 Å². The lowest BCUT2D eigenvalue weighted by molar-refractivity contribution is -0.143. The number of ether oxygens (including phenoxy) is 2. The molecule has 0 N–H and O–H groups in total. The fourth-order valence-electron chi connectivity index (χ4n) is 5.72. The first-order valence-electron chi connectivity index (χ1n) is 14.5. The van der Waals surface area contributed by atoms with Gasteiger partial charge in [-0.25, -0.2) is 19.7 Å². The van der Waals surface area contributed by atoms with Crippen molar-refractivity contribution >= 4 is 12.0 Å². The molecule has 3 aromatic rings. The zero-order chi connectivity index (χ0) is 32.8. The Hall–Kier alpha value is -4.10. The maximum atomic E-state index is 13.6. The van der Waals surface area contributed by atoms with E-state index in [9.17, 15) is 31.1 Å². The van der Waals surface area contributed by atoms with Gasteiger partial charge in [-0.1, -0.05) is 13.8 Å². The van der Waals surface area contributed by atoms with Crippen molar-refractivity contribution in [3.8, 4) is 17.0 Å². The predicted octanol–water partition coefficient (Wildman–Crippen LogP) is 7.78. The highest BCUT2D eigenvalue weighted by molar-refractivity contribution is 5.74. The van der Waals surface area contributed by atoms with Gasteiger partial charge in [-0.15, -0.1) is 0 Å². The van der Waals surface area contributed by atoms with Crippen LogP contribution in [-0.4, -0.2) is 51.7 Å². The van der Waals surface area contributed by atoms with Crippen LogP contribution in [0.4, 0.5) is 37.1 Å². The predicted molar refractivity (Wildman–Crippen MR) is 153 cm³/mol. The van der Waals surface area contributed by atoms with Crippen molar-refractivity contribution in [3.63, 3.8) is 0 Å². The van der Waals surface area contributed by atoms with Crippen molar-refractivity contribution in [1.29, 1.82) is 0 Å². The molecule has 0 radical (unpaired) electrons. The number of carbonyl (C=O) groups is 1. The van der Waals surface area contributed by atoms with Gasteiger partial charge in [0.1, 0.15) is 6.10 Å². The molecule has 5 rings (SSSR count). The average molecular weight is 638 g/mol. The first kappa shape index (κ1) is 32.3. The summed E-state index contributed by atoms with van der Waals surface area (Å²) in [5, 5.41) is 0. The fraction of sp³-hybridized carbons (Fsp3) is 0.484. The standard InChI is InChI=1S/C31H33F6N5O3/c1-16(2)20-11-23(27(44-5)38-13-20)24-14-39-28(41-8-6-7-17(41)3)40-25(24)15-42-18(4)26(45-29(42)43)19-9-21(30(32,33)34)12-22(10-19)31(35,36)37/h9-14,16-18,26H,6-8,15H2,1-5H3. The molecule has 14 heteroatoms. The Bertz CT molecular complexity index is 1550. The summed E-state index contributed by atoms with van der Waals surface area (Å²) >= 11 is 0. The highest BCUT2D eigenvalue weighted by Crippen LogP contribution is 2.42. The molecular weight excluding hydrogens is 604 g/mol. The number of halogens is 6. The number of alkyl halides is 6. The number of hydrogen-bond donors (Lipinski definition) is 0. The third kappa shape index (κ3) is 6.50. The van der Waals surface area contributed by atoms with Crippen molar-refractivity contribution < 1.29 is 40.6 Å². The summed E-state index contributed by atoms with van der Waals surface area (Å²) < 4.78 is 92.5. The number of pyridine rings is 1. The minimum atomic E-state index is -5.04. The van der Waals surface area contributed by atoms with E-state index in [1.165, 1.54) is 18.9 Å². The van der Waals surface area contributed by atoms with Crippen molar-refractivity contribution in [3.05, 3.63) is 64.6 Å². The second-order valence-corrected chi connectivity index (χ2v) is 11.7. The minimum absolute atomic E-state index is 0.0451. The number of cyclic esters (lactones) is 1. The van der Waals surface area contributed by atoms with E-state index in [1.807, 2.05) is 24.8 Å². The SMILES string of the molecule is COc1ncc(C(C)C)cc1-c1cnc(N2CCCC2C)nc1CN1C(=O)OC(c2cc(C(F)(F)F)cc(C(F)(F)F)c2)C1C. The van der Waals surface area contributed by atoms with Gasteiger partial charge in [-0.05, 0) is 68.0 Å². The van der Waals surface area contributed by atoms with Crippen LogP contribution in [0.1, 0.15) is 80.5 Å². The summed E-state index contributed by atoms with van der Waals surface area (Å²) in [6, 6.07) is 2.35. The third-order valence-electron chi connectivity index (χ3n) is 8.34. The van der Waals surface area contributed by atoms with E-state index in [1.54, 1.807) is 12.4 Å². The summed E-state index contributed by atoms with van der Waals surface area (Å²) in [7, 11) is 1.47. The monoisotopic (exact) mass is 637 g/mol. The molecule has 0 saturated carbocycles. The van der Waals surface area contributed by atoms with Gasteiger partial charge in [0.05, 0.1) is 36.5 Å². The van der Waals surface area contributed by atoms with E-state index >= 15 is 0 Å². The van der Waals surface area contributed by atoms with Crippen LogP contribution in [0.2, 0.25) is 0 Å². The van der Waals surface area contributed by atoms with Gasteiger partial charge in [0.2, 0.25) is 11.8 Å². The number of benzene rings is 1. The molecule has 2 fully saturated rings. The molecule has 2 aliphatic rings. The Morgan fingerprint density at radius 2 is 1.64 bits per heavy atom. The Balaban J connectivity index is 1.57. The largest absolute Gasteiger partial charge is 0.481 e. The molecule has 2 aliphatic heterocycles. The van der Waals surface area contributed by atoms with Crippen LogP contribution < -0.4 is 9.64 Å². The number of methoxy groups -OCH3 is 1. The van der Waals surface area contributed by atoms with Crippen LogP contribution in [-0.2, 0) is 23.6 Å². The third-order valence-corrected chi connectivity index (χ3v) is 8.34. The average Bonchev–Trinajstić information content (AvgIpc) is 3.53. The van der Waals surface area contributed by atoms with Crippen molar-refractivity contribution in [1.82, 2.24) is 19.9 Å². The highest BCUT2D eigenvalue weighted by Gasteiger charge is 2.44. The summed E-state index contributed by atoms with van der Waals surface area (Å²) in [6.07, 6.45) is -7.17. The van der Waals surface area contributed by atoms with Crippen LogP contribution in [0.5, 0.6) is 5.88 Å². The summed E-state index contributed by atoms with van der Waals surface area (Å²) in [5.74, 6) is 0.861. The quantitative estimate of drug-likeness (QED) is 0.245. The van der Waals surface area contributed by atoms with E-state index in [-0.39, 0.29) is 24.6 Å². The number of nitrogens with zero attached hydrogens (tertiary/aromatic N) is 5. The van der Waals surface area contributed by atoms with E-state index in [4.69, 9.17) is 14.5 Å². The Kier molecular flexibility index (Phi) is 8.62. The topological polar surface area (TPSA) is 80.7 Å². The summed E-state index contributed by atoms with van der Waals surface area (Å²) in [6.45, 7) is 8.14.